The summed E-state index contributed by atoms with van der Waals surface area (Å²) in [5.74, 6) is 0.503. The van der Waals surface area contributed by atoms with Gasteiger partial charge >= 0.3 is 12.1 Å². The van der Waals surface area contributed by atoms with E-state index >= 15 is 0 Å². The summed E-state index contributed by atoms with van der Waals surface area (Å²) in [5.41, 5.74) is 3.73. The quantitative estimate of drug-likeness (QED) is 0.687. The largest absolute Gasteiger partial charge is 0.465 e. The van der Waals surface area contributed by atoms with Crippen LogP contribution < -0.4 is 15.5 Å². The Morgan fingerprint density at radius 3 is 1.93 bits per heavy atom. The molecule has 0 bridgehead atoms. The van der Waals surface area contributed by atoms with Crippen LogP contribution in [0.2, 0.25) is 0 Å². The van der Waals surface area contributed by atoms with Crippen LogP contribution in [0.3, 0.4) is 0 Å². The zero-order valence-corrected chi connectivity index (χ0v) is 16.9. The predicted molar refractivity (Wildman–Crippen MR) is 116 cm³/mol. The molecule has 1 saturated heterocycles. The summed E-state index contributed by atoms with van der Waals surface area (Å²) in [6.45, 7) is 6.65. The zero-order valence-electron chi connectivity index (χ0n) is 16.9. The van der Waals surface area contributed by atoms with Crippen LogP contribution in [0.4, 0.5) is 26.7 Å². The van der Waals surface area contributed by atoms with Crippen molar-refractivity contribution in [2.75, 3.05) is 41.7 Å². The number of hydrogen-bond donors (Lipinski definition) is 3. The van der Waals surface area contributed by atoms with E-state index in [4.69, 9.17) is 5.11 Å². The molecule has 1 atom stereocenters. The van der Waals surface area contributed by atoms with Crippen LogP contribution in [-0.2, 0) is 0 Å². The minimum Gasteiger partial charge on any atom is -0.465 e. The number of nitrogens with one attached hydrogen (secondary N) is 2. The molecule has 1 fully saturated rings. The minimum absolute atomic E-state index is 0.288. The van der Waals surface area contributed by atoms with Crippen molar-refractivity contribution in [1.82, 2.24) is 4.90 Å². The van der Waals surface area contributed by atoms with Crippen molar-refractivity contribution < 1.29 is 14.7 Å². The number of carbonyl (C=O) groups excluding carboxylic acids is 1. The van der Waals surface area contributed by atoms with Crippen LogP contribution >= 0.6 is 0 Å². The lowest BCUT2D eigenvalue weighted by Crippen LogP contribution is -2.48. The van der Waals surface area contributed by atoms with Gasteiger partial charge in [0, 0.05) is 43.2 Å². The van der Waals surface area contributed by atoms with E-state index < -0.39 is 6.09 Å². The van der Waals surface area contributed by atoms with Gasteiger partial charge in [-0.25, -0.2) is 9.59 Å². The molecule has 3 N–H and O–H groups in total. The third-order valence-corrected chi connectivity index (χ3v) is 5.39. The Morgan fingerprint density at radius 1 is 0.931 bits per heavy atom. The first kappa shape index (κ1) is 20.5. The number of hydrogen-bond acceptors (Lipinski definition) is 3. The first-order valence-corrected chi connectivity index (χ1v) is 9.97. The van der Waals surface area contributed by atoms with Gasteiger partial charge in [0.05, 0.1) is 0 Å². The van der Waals surface area contributed by atoms with E-state index in [2.05, 4.69) is 29.4 Å². The van der Waals surface area contributed by atoms with E-state index in [1.165, 1.54) is 10.5 Å². The Kier molecular flexibility index (Phi) is 6.59. The van der Waals surface area contributed by atoms with E-state index in [9.17, 15) is 9.59 Å². The Hall–Kier alpha value is -3.22. The van der Waals surface area contributed by atoms with E-state index in [-0.39, 0.29) is 6.03 Å². The molecule has 154 valence electrons. The highest BCUT2D eigenvalue weighted by Crippen LogP contribution is 2.22. The second-order valence-electron chi connectivity index (χ2n) is 7.31. The van der Waals surface area contributed by atoms with Gasteiger partial charge in [-0.05, 0) is 54.3 Å². The maximum atomic E-state index is 12.2. The molecule has 1 aliphatic rings. The molecule has 0 aromatic heterocycles. The van der Waals surface area contributed by atoms with Crippen LogP contribution in [0, 0.1) is 0 Å². The fourth-order valence-electron chi connectivity index (χ4n) is 3.34. The van der Waals surface area contributed by atoms with Crippen molar-refractivity contribution in [3.8, 4) is 0 Å². The number of rotatable bonds is 5. The normalized spacial score (nSPS) is 15.0. The second-order valence-corrected chi connectivity index (χ2v) is 7.31. The molecular weight excluding hydrogens is 368 g/mol. The van der Waals surface area contributed by atoms with Gasteiger partial charge in [0.2, 0.25) is 0 Å². The van der Waals surface area contributed by atoms with Crippen LogP contribution in [0.5, 0.6) is 0 Å². The van der Waals surface area contributed by atoms with Gasteiger partial charge in [0.1, 0.15) is 0 Å². The number of anilines is 3. The van der Waals surface area contributed by atoms with Crippen molar-refractivity contribution in [1.29, 1.82) is 0 Å². The smallest absolute Gasteiger partial charge is 0.407 e. The molecule has 1 unspecified atom stereocenters. The van der Waals surface area contributed by atoms with E-state index in [0.717, 1.165) is 17.8 Å². The Balaban J connectivity index is 1.52. The zero-order chi connectivity index (χ0) is 20.8. The molecule has 7 heteroatoms. The molecular formula is C22H28N4O3. The molecule has 29 heavy (non-hydrogen) atoms. The summed E-state index contributed by atoms with van der Waals surface area (Å²) in [6.07, 6.45) is 0.211. The summed E-state index contributed by atoms with van der Waals surface area (Å²) >= 11 is 0. The first-order chi connectivity index (χ1) is 14.0. The minimum atomic E-state index is -0.871. The Morgan fingerprint density at radius 2 is 1.45 bits per heavy atom. The second kappa shape index (κ2) is 9.32. The Labute approximate surface area is 171 Å². The standard InChI is InChI=1S/C22H28N4O3/c1-3-16(2)17-4-6-18(7-5-17)23-21(27)24-19-8-10-20(11-9-19)25-12-14-26(15-13-25)22(28)29/h4-11,16H,3,12-15H2,1-2H3,(H,28,29)(H2,23,24,27). The lowest BCUT2D eigenvalue weighted by atomic mass is 9.99. The fourth-order valence-corrected chi connectivity index (χ4v) is 3.34. The average Bonchev–Trinajstić information content (AvgIpc) is 2.74. The molecule has 2 aromatic carbocycles. The lowest BCUT2D eigenvalue weighted by molar-refractivity contribution is 0.142. The molecule has 1 aliphatic heterocycles. The number of benzene rings is 2. The third-order valence-electron chi connectivity index (χ3n) is 5.39. The highest BCUT2D eigenvalue weighted by Gasteiger charge is 2.20. The summed E-state index contributed by atoms with van der Waals surface area (Å²) in [5, 5.41) is 14.7. The summed E-state index contributed by atoms with van der Waals surface area (Å²) in [4.78, 5) is 26.8. The summed E-state index contributed by atoms with van der Waals surface area (Å²) < 4.78 is 0. The molecule has 7 nitrogen and oxygen atoms in total. The lowest BCUT2D eigenvalue weighted by Gasteiger charge is -2.34. The van der Waals surface area contributed by atoms with E-state index in [1.54, 1.807) is 0 Å². The van der Waals surface area contributed by atoms with Gasteiger partial charge in [-0.15, -0.1) is 0 Å². The fraction of sp³-hybridized carbons (Fsp3) is 0.364. The average molecular weight is 396 g/mol. The molecule has 0 aliphatic carbocycles. The molecule has 0 spiro atoms. The van der Waals surface area contributed by atoms with Gasteiger partial charge in [-0.1, -0.05) is 26.0 Å². The predicted octanol–water partition coefficient (Wildman–Crippen LogP) is 4.64. The van der Waals surface area contributed by atoms with Crippen molar-refractivity contribution >= 4 is 29.2 Å². The van der Waals surface area contributed by atoms with Gasteiger partial charge in [-0.2, -0.15) is 0 Å². The number of urea groups is 1. The molecule has 3 amide bonds. The topological polar surface area (TPSA) is 84.9 Å². The maximum absolute atomic E-state index is 12.2. The molecule has 0 radical (unpaired) electrons. The molecule has 2 aromatic rings. The van der Waals surface area contributed by atoms with Crippen molar-refractivity contribution in [3.05, 3.63) is 54.1 Å². The number of amides is 3. The van der Waals surface area contributed by atoms with Crippen LogP contribution in [0.25, 0.3) is 0 Å². The number of nitrogens with zero attached hydrogens (tertiary/aromatic N) is 2. The van der Waals surface area contributed by atoms with Crippen LogP contribution in [0.15, 0.2) is 48.5 Å². The summed E-state index contributed by atoms with van der Waals surface area (Å²) in [6, 6.07) is 15.2. The van der Waals surface area contributed by atoms with Crippen molar-refractivity contribution in [2.24, 2.45) is 0 Å². The highest BCUT2D eigenvalue weighted by molar-refractivity contribution is 5.99. The van der Waals surface area contributed by atoms with Crippen molar-refractivity contribution in [3.63, 3.8) is 0 Å². The van der Waals surface area contributed by atoms with Gasteiger partial charge in [-0.3, -0.25) is 0 Å². The highest BCUT2D eigenvalue weighted by atomic mass is 16.4. The van der Waals surface area contributed by atoms with Crippen LogP contribution in [0.1, 0.15) is 31.7 Å². The van der Waals surface area contributed by atoms with Gasteiger partial charge in [0.25, 0.3) is 0 Å². The van der Waals surface area contributed by atoms with E-state index in [0.29, 0.717) is 37.8 Å². The van der Waals surface area contributed by atoms with Gasteiger partial charge in [0.15, 0.2) is 0 Å². The number of piperazine rings is 1. The SMILES string of the molecule is CCC(C)c1ccc(NC(=O)Nc2ccc(N3CCN(C(=O)O)CC3)cc2)cc1. The Bertz CT molecular complexity index is 828. The molecule has 1 heterocycles. The summed E-state index contributed by atoms with van der Waals surface area (Å²) in [7, 11) is 0. The van der Waals surface area contributed by atoms with Gasteiger partial charge < -0.3 is 25.5 Å². The van der Waals surface area contributed by atoms with Crippen molar-refractivity contribution in [2.45, 2.75) is 26.2 Å². The number of carbonyl (C=O) groups is 2. The monoisotopic (exact) mass is 396 g/mol. The molecule has 3 rings (SSSR count). The number of carboxylic acid groups (broad SMARTS) is 1. The van der Waals surface area contributed by atoms with Crippen LogP contribution in [-0.4, -0.2) is 48.3 Å². The first-order valence-electron chi connectivity index (χ1n) is 9.97. The third kappa shape index (κ3) is 5.40. The maximum Gasteiger partial charge on any atom is 0.407 e. The van der Waals surface area contributed by atoms with E-state index in [1.807, 2.05) is 48.5 Å². The molecule has 0 saturated carbocycles.